The fourth-order valence-electron chi connectivity index (χ4n) is 1.69. The average molecular weight is 266 g/mol. The lowest BCUT2D eigenvalue weighted by Crippen LogP contribution is -2.36. The van der Waals surface area contributed by atoms with E-state index in [2.05, 4.69) is 50.4 Å². The molecule has 0 aliphatic heterocycles. The smallest absolute Gasteiger partial charge is 0.0109 e. The number of thioether (sulfide) groups is 1. The van der Waals surface area contributed by atoms with Gasteiger partial charge in [-0.05, 0) is 63.2 Å². The summed E-state index contributed by atoms with van der Waals surface area (Å²) in [6.07, 6.45) is 2.10. The molecule has 0 amide bonds. The van der Waals surface area contributed by atoms with Crippen molar-refractivity contribution in [1.82, 2.24) is 5.32 Å². The maximum atomic E-state index is 5.93. The van der Waals surface area contributed by atoms with Crippen LogP contribution >= 0.6 is 11.8 Å². The molecule has 0 saturated carbocycles. The Morgan fingerprint density at radius 2 is 1.83 bits per heavy atom. The molecule has 0 fully saturated rings. The van der Waals surface area contributed by atoms with Crippen LogP contribution in [0.5, 0.6) is 0 Å². The van der Waals surface area contributed by atoms with Crippen LogP contribution in [0.3, 0.4) is 0 Å². The minimum atomic E-state index is -0.0635. The van der Waals surface area contributed by atoms with Crippen molar-refractivity contribution in [1.29, 1.82) is 0 Å². The van der Waals surface area contributed by atoms with E-state index in [0.29, 0.717) is 0 Å². The molecule has 102 valence electrons. The summed E-state index contributed by atoms with van der Waals surface area (Å²) in [5, 5.41) is 3.44. The van der Waals surface area contributed by atoms with Gasteiger partial charge in [0.25, 0.3) is 0 Å². The second kappa shape index (κ2) is 7.82. The molecule has 2 nitrogen and oxygen atoms in total. The Labute approximate surface area is 116 Å². The quantitative estimate of drug-likeness (QED) is 0.561. The van der Waals surface area contributed by atoms with Gasteiger partial charge in [-0.15, -0.1) is 11.8 Å². The van der Waals surface area contributed by atoms with Crippen molar-refractivity contribution in [2.45, 2.75) is 44.0 Å². The van der Waals surface area contributed by atoms with Crippen molar-refractivity contribution in [3.63, 3.8) is 0 Å². The van der Waals surface area contributed by atoms with E-state index < -0.39 is 0 Å². The van der Waals surface area contributed by atoms with Gasteiger partial charge in [0.05, 0.1) is 0 Å². The molecule has 0 aliphatic carbocycles. The van der Waals surface area contributed by atoms with E-state index in [1.54, 1.807) is 0 Å². The highest BCUT2D eigenvalue weighted by atomic mass is 32.2. The van der Waals surface area contributed by atoms with Crippen molar-refractivity contribution in [3.05, 3.63) is 29.8 Å². The first-order valence-corrected chi connectivity index (χ1v) is 7.71. The van der Waals surface area contributed by atoms with Gasteiger partial charge in [0.2, 0.25) is 0 Å². The number of nitrogens with two attached hydrogens (primary N) is 1. The van der Waals surface area contributed by atoms with E-state index in [1.165, 1.54) is 10.5 Å². The Balaban J connectivity index is 2.19. The molecule has 18 heavy (non-hydrogen) atoms. The van der Waals surface area contributed by atoms with Crippen LogP contribution in [0, 0.1) is 0 Å². The van der Waals surface area contributed by atoms with Gasteiger partial charge < -0.3 is 11.1 Å². The fourth-order valence-corrected chi connectivity index (χ4v) is 2.35. The molecule has 1 aromatic rings. The molecule has 0 unspecified atom stereocenters. The van der Waals surface area contributed by atoms with Gasteiger partial charge in [-0.3, -0.25) is 0 Å². The summed E-state index contributed by atoms with van der Waals surface area (Å²) in [6, 6.07) is 8.89. The molecule has 0 spiro atoms. The monoisotopic (exact) mass is 266 g/mol. The molecule has 3 N–H and O–H groups in total. The number of hydrogen-bond donors (Lipinski definition) is 2. The molecule has 0 bridgehead atoms. The summed E-state index contributed by atoms with van der Waals surface area (Å²) < 4.78 is 0. The lowest BCUT2D eigenvalue weighted by Gasteiger charge is -2.18. The van der Waals surface area contributed by atoms with E-state index in [-0.39, 0.29) is 5.54 Å². The van der Waals surface area contributed by atoms with E-state index in [4.69, 9.17) is 5.73 Å². The van der Waals surface area contributed by atoms with Crippen LogP contribution in [0.25, 0.3) is 0 Å². The van der Waals surface area contributed by atoms with Gasteiger partial charge in [0, 0.05) is 10.4 Å². The number of rotatable bonds is 8. The van der Waals surface area contributed by atoms with Gasteiger partial charge in [-0.25, -0.2) is 0 Å². The summed E-state index contributed by atoms with van der Waals surface area (Å²) >= 11 is 1.89. The van der Waals surface area contributed by atoms with Crippen LogP contribution in [0.4, 0.5) is 0 Å². The van der Waals surface area contributed by atoms with Crippen LogP contribution < -0.4 is 11.1 Å². The summed E-state index contributed by atoms with van der Waals surface area (Å²) in [6.45, 7) is 8.34. The Kier molecular flexibility index (Phi) is 6.76. The van der Waals surface area contributed by atoms with Gasteiger partial charge >= 0.3 is 0 Å². The maximum absolute atomic E-state index is 5.93. The van der Waals surface area contributed by atoms with Crippen LogP contribution in [0.2, 0.25) is 0 Å². The third-order valence-electron chi connectivity index (χ3n) is 2.77. The lowest BCUT2D eigenvalue weighted by molar-refractivity contribution is 0.456. The predicted octanol–water partition coefficient (Wildman–Crippen LogP) is 3.06. The Bertz CT molecular complexity index is 327. The summed E-state index contributed by atoms with van der Waals surface area (Å²) in [5.74, 6) is 1.13. The molecule has 1 aromatic carbocycles. The first kappa shape index (κ1) is 15.5. The molecule has 0 atom stereocenters. The van der Waals surface area contributed by atoms with Crippen molar-refractivity contribution in [2.75, 3.05) is 18.8 Å². The largest absolute Gasteiger partial charge is 0.326 e. The molecule has 0 aliphatic rings. The van der Waals surface area contributed by atoms with Gasteiger partial charge in [-0.2, -0.15) is 0 Å². The average Bonchev–Trinajstić information content (AvgIpc) is 2.30. The second-order valence-corrected chi connectivity index (χ2v) is 6.65. The number of nitrogens with one attached hydrogen (secondary N) is 1. The van der Waals surface area contributed by atoms with Crippen molar-refractivity contribution >= 4 is 11.8 Å². The first-order chi connectivity index (χ1) is 8.51. The molecule has 0 heterocycles. The molecular weight excluding hydrogens is 240 g/mol. The zero-order valence-electron chi connectivity index (χ0n) is 11.8. The van der Waals surface area contributed by atoms with Crippen LogP contribution in [-0.4, -0.2) is 24.4 Å². The summed E-state index contributed by atoms with van der Waals surface area (Å²) in [4.78, 5) is 1.36. The Morgan fingerprint density at radius 1 is 1.17 bits per heavy atom. The van der Waals surface area contributed by atoms with Gasteiger partial charge in [0.1, 0.15) is 0 Å². The normalized spacial score (nSPS) is 11.8. The van der Waals surface area contributed by atoms with E-state index in [1.807, 2.05) is 11.8 Å². The zero-order chi connectivity index (χ0) is 13.4. The van der Waals surface area contributed by atoms with Crippen molar-refractivity contribution in [3.8, 4) is 0 Å². The third kappa shape index (κ3) is 7.04. The van der Waals surface area contributed by atoms with E-state index in [0.717, 1.165) is 31.7 Å². The summed E-state index contributed by atoms with van der Waals surface area (Å²) in [5.41, 5.74) is 7.27. The molecule has 0 aromatic heterocycles. The highest BCUT2D eigenvalue weighted by Crippen LogP contribution is 2.17. The summed E-state index contributed by atoms with van der Waals surface area (Å²) in [7, 11) is 0. The maximum Gasteiger partial charge on any atom is 0.0109 e. The highest BCUT2D eigenvalue weighted by molar-refractivity contribution is 7.99. The fraction of sp³-hybridized carbons (Fsp3) is 0.600. The predicted molar refractivity (Wildman–Crippen MR) is 82.3 cm³/mol. The second-order valence-electron chi connectivity index (χ2n) is 5.32. The SMILES string of the molecule is CCSc1ccc(CCNCCC(C)(C)N)cc1. The van der Waals surface area contributed by atoms with E-state index in [9.17, 15) is 0 Å². The molecule has 0 saturated heterocycles. The Hall–Kier alpha value is -0.510. The zero-order valence-corrected chi connectivity index (χ0v) is 12.6. The van der Waals surface area contributed by atoms with Crippen LogP contribution in [0.1, 0.15) is 32.8 Å². The van der Waals surface area contributed by atoms with Gasteiger partial charge in [-0.1, -0.05) is 19.1 Å². The van der Waals surface area contributed by atoms with Gasteiger partial charge in [0.15, 0.2) is 0 Å². The third-order valence-corrected chi connectivity index (χ3v) is 3.67. The lowest BCUT2D eigenvalue weighted by atomic mass is 10.0. The topological polar surface area (TPSA) is 38.0 Å². The molecule has 1 rings (SSSR count). The Morgan fingerprint density at radius 3 is 2.39 bits per heavy atom. The molecular formula is C15H26N2S. The van der Waals surface area contributed by atoms with Crippen LogP contribution in [-0.2, 0) is 6.42 Å². The van der Waals surface area contributed by atoms with Crippen molar-refractivity contribution < 1.29 is 0 Å². The molecule has 3 heteroatoms. The highest BCUT2D eigenvalue weighted by Gasteiger charge is 2.08. The minimum absolute atomic E-state index is 0.0635. The standard InChI is InChI=1S/C15H26N2S/c1-4-18-14-7-5-13(6-8-14)9-11-17-12-10-15(2,3)16/h5-8,17H,4,9-12,16H2,1-3H3. The van der Waals surface area contributed by atoms with Crippen molar-refractivity contribution in [2.24, 2.45) is 5.73 Å². The van der Waals surface area contributed by atoms with E-state index >= 15 is 0 Å². The number of hydrogen-bond acceptors (Lipinski definition) is 3. The first-order valence-electron chi connectivity index (χ1n) is 6.72. The molecule has 0 radical (unpaired) electrons. The minimum Gasteiger partial charge on any atom is -0.326 e. The van der Waals surface area contributed by atoms with Crippen LogP contribution in [0.15, 0.2) is 29.2 Å². The number of benzene rings is 1.